The minimum atomic E-state index is 0.669. The van der Waals surface area contributed by atoms with Crippen molar-refractivity contribution in [1.29, 1.82) is 0 Å². The van der Waals surface area contributed by atoms with Gasteiger partial charge in [0.25, 0.3) is 0 Å². The van der Waals surface area contributed by atoms with E-state index in [-0.39, 0.29) is 0 Å². The molecule has 1 aromatic rings. The van der Waals surface area contributed by atoms with E-state index in [1.54, 1.807) is 6.07 Å². The molecular weight excluding hydrogens is 293 g/mol. The molecule has 1 atom stereocenters. The van der Waals surface area contributed by atoms with Crippen LogP contribution in [0.25, 0.3) is 0 Å². The van der Waals surface area contributed by atoms with Gasteiger partial charge in [-0.3, -0.25) is 0 Å². The molecule has 110 valence electrons. The summed E-state index contributed by atoms with van der Waals surface area (Å²) in [5.74, 6) is 0.876. The fourth-order valence-corrected chi connectivity index (χ4v) is 3.84. The van der Waals surface area contributed by atoms with Gasteiger partial charge in [0.05, 0.1) is 0 Å². The molecule has 3 heterocycles. The van der Waals surface area contributed by atoms with E-state index < -0.39 is 0 Å². The van der Waals surface area contributed by atoms with Crippen LogP contribution in [-0.2, 0) is 0 Å². The van der Waals surface area contributed by atoms with Gasteiger partial charge >= 0.3 is 0 Å². The van der Waals surface area contributed by atoms with Gasteiger partial charge in [0, 0.05) is 41.4 Å². The zero-order chi connectivity index (χ0) is 13.9. The first-order chi connectivity index (χ1) is 9.70. The van der Waals surface area contributed by atoms with Gasteiger partial charge in [0.1, 0.15) is 0 Å². The quantitative estimate of drug-likeness (QED) is 0.818. The van der Waals surface area contributed by atoms with E-state index >= 15 is 0 Å². The van der Waals surface area contributed by atoms with Crippen LogP contribution in [0.4, 0.5) is 5.69 Å². The van der Waals surface area contributed by atoms with Crippen LogP contribution in [0.2, 0.25) is 10.0 Å². The Morgan fingerprint density at radius 1 is 1.05 bits per heavy atom. The monoisotopic (exact) mass is 313 g/mol. The van der Waals surface area contributed by atoms with Crippen LogP contribution >= 0.6 is 23.2 Å². The number of rotatable bonds is 5. The van der Waals surface area contributed by atoms with Gasteiger partial charge in [-0.1, -0.05) is 23.2 Å². The highest BCUT2D eigenvalue weighted by Crippen LogP contribution is 2.27. The molecule has 0 amide bonds. The van der Waals surface area contributed by atoms with E-state index in [1.807, 2.05) is 12.1 Å². The van der Waals surface area contributed by atoms with Gasteiger partial charge < -0.3 is 15.5 Å². The van der Waals surface area contributed by atoms with Crippen molar-refractivity contribution in [3.8, 4) is 0 Å². The summed E-state index contributed by atoms with van der Waals surface area (Å²) in [4.78, 5) is 2.57. The van der Waals surface area contributed by atoms with Crippen LogP contribution in [0, 0.1) is 5.92 Å². The summed E-state index contributed by atoms with van der Waals surface area (Å²) in [5.41, 5.74) is 0.984. The van der Waals surface area contributed by atoms with Crippen molar-refractivity contribution in [2.45, 2.75) is 18.9 Å². The third-order valence-electron chi connectivity index (χ3n) is 4.38. The topological polar surface area (TPSA) is 27.3 Å². The number of anilines is 1. The Labute approximate surface area is 130 Å². The second kappa shape index (κ2) is 6.52. The lowest BCUT2D eigenvalue weighted by molar-refractivity contribution is 0.0735. The predicted octanol–water partition coefficient (Wildman–Crippen LogP) is 3.09. The lowest BCUT2D eigenvalue weighted by atomic mass is 9.84. The fourth-order valence-electron chi connectivity index (χ4n) is 3.32. The molecule has 0 unspecified atom stereocenters. The molecular formula is C15H21Cl2N3. The van der Waals surface area contributed by atoms with Gasteiger partial charge in [-0.15, -0.1) is 0 Å². The lowest BCUT2D eigenvalue weighted by Gasteiger charge is -2.45. The molecule has 3 fully saturated rings. The molecule has 3 aliphatic rings. The first-order valence-electron chi connectivity index (χ1n) is 7.36. The van der Waals surface area contributed by atoms with Crippen molar-refractivity contribution in [1.82, 2.24) is 10.2 Å². The Bertz CT molecular complexity index is 438. The molecule has 4 rings (SSSR count). The van der Waals surface area contributed by atoms with Crippen molar-refractivity contribution in [2.24, 2.45) is 5.92 Å². The summed E-state index contributed by atoms with van der Waals surface area (Å²) in [7, 11) is 0. The average molecular weight is 314 g/mol. The maximum atomic E-state index is 5.98. The molecule has 2 bridgehead atoms. The van der Waals surface area contributed by atoms with Crippen LogP contribution < -0.4 is 10.6 Å². The molecule has 0 radical (unpaired) electrons. The van der Waals surface area contributed by atoms with Crippen LogP contribution in [0.5, 0.6) is 0 Å². The Morgan fingerprint density at radius 2 is 1.75 bits per heavy atom. The lowest BCUT2D eigenvalue weighted by Crippen LogP contribution is -2.56. The molecule has 3 nitrogen and oxygen atoms in total. The summed E-state index contributed by atoms with van der Waals surface area (Å²) in [6.45, 7) is 5.66. The Morgan fingerprint density at radius 3 is 2.35 bits per heavy atom. The Kier molecular flexibility index (Phi) is 4.72. The largest absolute Gasteiger partial charge is 0.384 e. The van der Waals surface area contributed by atoms with Crippen LogP contribution in [-0.4, -0.2) is 43.7 Å². The summed E-state index contributed by atoms with van der Waals surface area (Å²) < 4.78 is 0. The highest BCUT2D eigenvalue weighted by Gasteiger charge is 2.33. The molecule has 0 aliphatic carbocycles. The number of nitrogens with one attached hydrogen (secondary N) is 2. The predicted molar refractivity (Wildman–Crippen MR) is 85.9 cm³/mol. The summed E-state index contributed by atoms with van der Waals surface area (Å²) >= 11 is 12.0. The zero-order valence-electron chi connectivity index (χ0n) is 11.5. The zero-order valence-corrected chi connectivity index (χ0v) is 13.1. The highest BCUT2D eigenvalue weighted by atomic mass is 35.5. The third-order valence-corrected chi connectivity index (χ3v) is 4.82. The minimum Gasteiger partial charge on any atom is -0.384 e. The molecule has 0 saturated carbocycles. The smallest absolute Gasteiger partial charge is 0.0441 e. The standard InChI is InChI=1S/C15H21Cl2N3/c16-12-7-13(17)9-14(8-12)18-3-4-19-15-10-20-5-1-11(15)2-6-20/h7-9,11,15,18-19H,1-6,10H2/t15-/m1/s1. The molecule has 2 N–H and O–H groups in total. The number of fused-ring (bicyclic) bond motifs is 3. The third kappa shape index (κ3) is 3.59. The molecule has 5 heteroatoms. The molecule has 20 heavy (non-hydrogen) atoms. The van der Waals surface area contributed by atoms with E-state index in [4.69, 9.17) is 23.2 Å². The average Bonchev–Trinajstić information content (AvgIpc) is 2.44. The van der Waals surface area contributed by atoms with Gasteiger partial charge in [-0.25, -0.2) is 0 Å². The number of nitrogens with zero attached hydrogens (tertiary/aromatic N) is 1. The van der Waals surface area contributed by atoms with E-state index in [1.165, 1.54) is 32.5 Å². The molecule has 0 aromatic heterocycles. The number of piperidine rings is 3. The molecule has 3 aliphatic heterocycles. The Hall–Kier alpha value is -0.480. The van der Waals surface area contributed by atoms with E-state index in [9.17, 15) is 0 Å². The first-order valence-corrected chi connectivity index (χ1v) is 8.12. The second-order valence-electron chi connectivity index (χ2n) is 5.78. The molecule has 1 aromatic carbocycles. The summed E-state index contributed by atoms with van der Waals surface area (Å²) in [6.07, 6.45) is 2.71. The fraction of sp³-hybridized carbons (Fsp3) is 0.600. The van der Waals surface area contributed by atoms with Crippen molar-refractivity contribution in [3.05, 3.63) is 28.2 Å². The summed E-state index contributed by atoms with van der Waals surface area (Å²) in [5, 5.41) is 8.39. The SMILES string of the molecule is Clc1cc(Cl)cc(NCCN[C@@H]2CN3CCC2CC3)c1. The second-order valence-corrected chi connectivity index (χ2v) is 6.66. The van der Waals surface area contributed by atoms with Crippen molar-refractivity contribution < 1.29 is 0 Å². The highest BCUT2D eigenvalue weighted by molar-refractivity contribution is 6.35. The van der Waals surface area contributed by atoms with Crippen LogP contribution in [0.15, 0.2) is 18.2 Å². The van der Waals surface area contributed by atoms with Crippen molar-refractivity contribution in [3.63, 3.8) is 0 Å². The number of benzene rings is 1. The molecule has 3 saturated heterocycles. The van der Waals surface area contributed by atoms with Crippen LogP contribution in [0.3, 0.4) is 0 Å². The number of hydrogen-bond acceptors (Lipinski definition) is 3. The number of halogens is 2. The first kappa shape index (κ1) is 14.5. The van der Waals surface area contributed by atoms with E-state index in [0.717, 1.165) is 24.7 Å². The van der Waals surface area contributed by atoms with Gasteiger partial charge in [-0.05, 0) is 50.0 Å². The van der Waals surface area contributed by atoms with Gasteiger partial charge in [-0.2, -0.15) is 0 Å². The van der Waals surface area contributed by atoms with E-state index in [2.05, 4.69) is 15.5 Å². The molecule has 0 spiro atoms. The Balaban J connectivity index is 1.42. The maximum absolute atomic E-state index is 5.98. The van der Waals surface area contributed by atoms with Crippen molar-refractivity contribution in [2.75, 3.05) is 38.0 Å². The normalized spacial score (nSPS) is 28.6. The van der Waals surface area contributed by atoms with Gasteiger partial charge in [0.15, 0.2) is 0 Å². The summed E-state index contributed by atoms with van der Waals surface area (Å²) in [6, 6.07) is 6.23. The van der Waals surface area contributed by atoms with Crippen LogP contribution in [0.1, 0.15) is 12.8 Å². The van der Waals surface area contributed by atoms with Gasteiger partial charge in [0.2, 0.25) is 0 Å². The minimum absolute atomic E-state index is 0.669. The van der Waals surface area contributed by atoms with E-state index in [0.29, 0.717) is 16.1 Å². The maximum Gasteiger partial charge on any atom is 0.0441 e. The number of hydrogen-bond donors (Lipinski definition) is 2. The van der Waals surface area contributed by atoms with Crippen molar-refractivity contribution >= 4 is 28.9 Å².